The van der Waals surface area contributed by atoms with Gasteiger partial charge in [0, 0.05) is 24.2 Å². The number of nitrogens with one attached hydrogen (secondary N) is 1. The van der Waals surface area contributed by atoms with Crippen LogP contribution in [-0.2, 0) is 17.9 Å². The minimum absolute atomic E-state index is 0.0487. The first-order chi connectivity index (χ1) is 13.0. The zero-order valence-electron chi connectivity index (χ0n) is 15.9. The van der Waals surface area contributed by atoms with Crippen molar-refractivity contribution < 1.29 is 9.32 Å². The topological polar surface area (TPSA) is 90.8 Å². The first-order valence-electron chi connectivity index (χ1n) is 9.28. The summed E-state index contributed by atoms with van der Waals surface area (Å²) in [6, 6.07) is 3.90. The summed E-state index contributed by atoms with van der Waals surface area (Å²) < 4.78 is 9.12. The van der Waals surface area contributed by atoms with E-state index in [1.807, 2.05) is 43.8 Å². The van der Waals surface area contributed by atoms with Crippen LogP contribution < -0.4 is 5.32 Å². The summed E-state index contributed by atoms with van der Waals surface area (Å²) in [5, 5.41) is 15.8. The summed E-state index contributed by atoms with van der Waals surface area (Å²) in [6.07, 6.45) is 4.16. The van der Waals surface area contributed by atoms with Crippen LogP contribution in [0, 0.1) is 20.8 Å². The van der Waals surface area contributed by atoms with Gasteiger partial charge in [0.15, 0.2) is 5.76 Å². The molecule has 0 aliphatic heterocycles. The number of hydrogen-bond donors (Lipinski definition) is 1. The van der Waals surface area contributed by atoms with Crippen LogP contribution in [-0.4, -0.2) is 37.2 Å². The molecule has 0 atom stereocenters. The lowest BCUT2D eigenvalue weighted by molar-refractivity contribution is -0.121. The maximum absolute atomic E-state index is 12.2. The van der Waals surface area contributed by atoms with Crippen LogP contribution in [0.15, 0.2) is 22.9 Å². The third-order valence-electron chi connectivity index (χ3n) is 4.78. The lowest BCUT2D eigenvalue weighted by Crippen LogP contribution is -2.31. The Hall–Kier alpha value is -2.90. The largest absolute Gasteiger partial charge is 0.356 e. The number of rotatable bonds is 7. The van der Waals surface area contributed by atoms with E-state index in [0.29, 0.717) is 19.0 Å². The van der Waals surface area contributed by atoms with Gasteiger partial charge >= 0.3 is 0 Å². The molecule has 0 radical (unpaired) electrons. The van der Waals surface area contributed by atoms with Gasteiger partial charge in [-0.2, -0.15) is 10.2 Å². The SMILES string of the molecule is Cc1cc(-c2cnn(CCNC(=O)Cn3nc(C)cc3C)c2C2CC2)on1. The minimum Gasteiger partial charge on any atom is -0.356 e. The summed E-state index contributed by atoms with van der Waals surface area (Å²) in [7, 11) is 0. The van der Waals surface area contributed by atoms with Crippen molar-refractivity contribution in [1.29, 1.82) is 0 Å². The molecule has 1 aliphatic carbocycles. The third-order valence-corrected chi connectivity index (χ3v) is 4.78. The predicted molar refractivity (Wildman–Crippen MR) is 99.1 cm³/mol. The van der Waals surface area contributed by atoms with Gasteiger partial charge in [-0.25, -0.2) is 0 Å². The van der Waals surface area contributed by atoms with Gasteiger partial charge in [0.05, 0.1) is 35.4 Å². The zero-order chi connectivity index (χ0) is 19.0. The smallest absolute Gasteiger partial charge is 0.241 e. The van der Waals surface area contributed by atoms with Gasteiger partial charge in [0.1, 0.15) is 6.54 Å². The molecule has 0 spiro atoms. The summed E-state index contributed by atoms with van der Waals surface area (Å²) in [5.74, 6) is 1.22. The molecule has 0 bridgehead atoms. The van der Waals surface area contributed by atoms with E-state index in [2.05, 4.69) is 20.7 Å². The Balaban J connectivity index is 1.39. The van der Waals surface area contributed by atoms with Crippen molar-refractivity contribution in [2.24, 2.45) is 0 Å². The Kier molecular flexibility index (Phi) is 4.55. The normalized spacial score (nSPS) is 13.9. The number of hydrogen-bond acceptors (Lipinski definition) is 5. The summed E-state index contributed by atoms with van der Waals surface area (Å²) in [5.41, 5.74) is 4.95. The highest BCUT2D eigenvalue weighted by Crippen LogP contribution is 2.44. The third kappa shape index (κ3) is 3.79. The molecule has 3 aromatic heterocycles. The first kappa shape index (κ1) is 17.5. The Labute approximate surface area is 157 Å². The quantitative estimate of drug-likeness (QED) is 0.691. The molecule has 1 N–H and O–H groups in total. The fourth-order valence-corrected chi connectivity index (χ4v) is 3.37. The number of nitrogens with zero attached hydrogens (tertiary/aromatic N) is 5. The average Bonchev–Trinajstić information content (AvgIpc) is 3.09. The maximum Gasteiger partial charge on any atom is 0.241 e. The Morgan fingerprint density at radius 1 is 1.22 bits per heavy atom. The van der Waals surface area contributed by atoms with Crippen molar-refractivity contribution in [3.63, 3.8) is 0 Å². The molecule has 1 aliphatic rings. The van der Waals surface area contributed by atoms with Crippen LogP contribution in [0.2, 0.25) is 0 Å². The van der Waals surface area contributed by atoms with Gasteiger partial charge in [-0.3, -0.25) is 14.2 Å². The second-order valence-corrected chi connectivity index (χ2v) is 7.21. The van der Waals surface area contributed by atoms with Crippen molar-refractivity contribution in [2.45, 2.75) is 52.6 Å². The molecule has 0 unspecified atom stereocenters. The molecule has 1 amide bonds. The van der Waals surface area contributed by atoms with Gasteiger partial charge in [0.25, 0.3) is 0 Å². The average molecular weight is 368 g/mol. The minimum atomic E-state index is -0.0487. The van der Waals surface area contributed by atoms with Crippen LogP contribution in [0.3, 0.4) is 0 Å². The van der Waals surface area contributed by atoms with Crippen molar-refractivity contribution in [3.05, 3.63) is 41.1 Å². The molecule has 1 saturated carbocycles. The zero-order valence-corrected chi connectivity index (χ0v) is 15.9. The van der Waals surface area contributed by atoms with E-state index in [4.69, 9.17) is 4.52 Å². The predicted octanol–water partition coefficient (Wildman–Crippen LogP) is 2.35. The van der Waals surface area contributed by atoms with Crippen molar-refractivity contribution in [2.75, 3.05) is 6.54 Å². The lowest BCUT2D eigenvalue weighted by Gasteiger charge is -2.10. The Morgan fingerprint density at radius 2 is 2.04 bits per heavy atom. The summed E-state index contributed by atoms with van der Waals surface area (Å²) >= 11 is 0. The molecule has 3 heterocycles. The molecule has 0 saturated heterocycles. The van der Waals surface area contributed by atoms with Gasteiger partial charge < -0.3 is 9.84 Å². The second-order valence-electron chi connectivity index (χ2n) is 7.21. The Morgan fingerprint density at radius 3 is 2.67 bits per heavy atom. The number of carbonyl (C=O) groups excluding carboxylic acids is 1. The molecule has 8 heteroatoms. The number of aryl methyl sites for hydroxylation is 3. The van der Waals surface area contributed by atoms with Crippen molar-refractivity contribution >= 4 is 5.91 Å². The van der Waals surface area contributed by atoms with Gasteiger partial charge in [0.2, 0.25) is 5.91 Å². The molecule has 1 fully saturated rings. The molecule has 142 valence electrons. The standard InChI is InChI=1S/C19H24N6O2/c1-12-8-14(3)25(22-12)11-18(26)20-6-7-24-19(15-4-5-15)16(10-21-24)17-9-13(2)23-27-17/h8-10,15H,4-7,11H2,1-3H3,(H,20,26). The van der Waals surface area contributed by atoms with Crippen molar-refractivity contribution in [1.82, 2.24) is 30.0 Å². The summed E-state index contributed by atoms with van der Waals surface area (Å²) in [6.45, 7) is 7.16. The van der Waals surface area contributed by atoms with E-state index < -0.39 is 0 Å². The highest BCUT2D eigenvalue weighted by atomic mass is 16.5. The van der Waals surface area contributed by atoms with Gasteiger partial charge in [-0.1, -0.05) is 5.16 Å². The van der Waals surface area contributed by atoms with E-state index in [-0.39, 0.29) is 12.5 Å². The van der Waals surface area contributed by atoms with E-state index in [9.17, 15) is 4.79 Å². The molecular weight excluding hydrogens is 344 g/mol. The van der Waals surface area contributed by atoms with Crippen LogP contribution in [0.5, 0.6) is 0 Å². The highest BCUT2D eigenvalue weighted by Gasteiger charge is 2.31. The molecule has 8 nitrogen and oxygen atoms in total. The molecule has 4 rings (SSSR count). The lowest BCUT2D eigenvalue weighted by atomic mass is 10.1. The number of aromatic nitrogens is 5. The number of carbonyl (C=O) groups is 1. The molecule has 27 heavy (non-hydrogen) atoms. The molecule has 3 aromatic rings. The fourth-order valence-electron chi connectivity index (χ4n) is 3.37. The molecule has 0 aromatic carbocycles. The highest BCUT2D eigenvalue weighted by molar-refractivity contribution is 5.75. The second kappa shape index (κ2) is 7.02. The maximum atomic E-state index is 12.2. The van der Waals surface area contributed by atoms with Crippen LogP contribution >= 0.6 is 0 Å². The Bertz CT molecular complexity index is 963. The van der Waals surface area contributed by atoms with E-state index in [1.54, 1.807) is 4.68 Å². The first-order valence-corrected chi connectivity index (χ1v) is 9.28. The number of amides is 1. The van der Waals surface area contributed by atoms with Crippen LogP contribution in [0.1, 0.15) is 41.5 Å². The fraction of sp³-hybridized carbons (Fsp3) is 0.474. The van der Waals surface area contributed by atoms with Crippen LogP contribution in [0.25, 0.3) is 11.3 Å². The van der Waals surface area contributed by atoms with Crippen LogP contribution in [0.4, 0.5) is 0 Å². The monoisotopic (exact) mass is 368 g/mol. The van der Waals surface area contributed by atoms with E-state index in [0.717, 1.165) is 41.2 Å². The molecular formula is C19H24N6O2. The van der Waals surface area contributed by atoms with E-state index in [1.165, 1.54) is 5.69 Å². The van der Waals surface area contributed by atoms with Crippen molar-refractivity contribution in [3.8, 4) is 11.3 Å². The summed E-state index contributed by atoms with van der Waals surface area (Å²) in [4.78, 5) is 12.2. The van der Waals surface area contributed by atoms with Gasteiger partial charge in [-0.05, 0) is 39.7 Å². The van der Waals surface area contributed by atoms with E-state index >= 15 is 0 Å². The van der Waals surface area contributed by atoms with Gasteiger partial charge in [-0.15, -0.1) is 0 Å².